The zero-order valence-electron chi connectivity index (χ0n) is 19.0. The lowest BCUT2D eigenvalue weighted by atomic mass is 9.85. The molecular weight excluding hydrogens is 473 g/mol. The number of imide groups is 1. The normalized spacial score (nSPS) is 18.7. The first-order valence-electron chi connectivity index (χ1n) is 10.7. The predicted octanol–water partition coefficient (Wildman–Crippen LogP) is 3.50. The highest BCUT2D eigenvalue weighted by Crippen LogP contribution is 2.48. The molecule has 0 spiro atoms. The number of hydrogen-bond donors (Lipinski definition) is 0. The van der Waals surface area contributed by atoms with E-state index in [1.54, 1.807) is 18.2 Å². The summed E-state index contributed by atoms with van der Waals surface area (Å²) in [6.07, 6.45) is 0. The van der Waals surface area contributed by atoms with Crippen LogP contribution in [0.15, 0.2) is 60.7 Å². The maximum atomic E-state index is 13.6. The van der Waals surface area contributed by atoms with Crippen LogP contribution in [-0.4, -0.2) is 47.8 Å². The Morgan fingerprint density at radius 1 is 0.889 bits per heavy atom. The molecule has 2 atom stereocenters. The number of benzene rings is 3. The van der Waals surface area contributed by atoms with Crippen molar-refractivity contribution in [2.24, 2.45) is 0 Å². The zero-order valence-corrected chi connectivity index (χ0v) is 19.0. The molecule has 0 saturated carbocycles. The number of hydrogen-bond acceptors (Lipinski definition) is 7. The number of nitrogens with zero attached hydrogens (tertiary/aromatic N) is 3. The molecule has 0 N–H and O–H groups in total. The summed E-state index contributed by atoms with van der Waals surface area (Å²) in [6, 6.07) is 11.5. The molecule has 182 valence electrons. The van der Waals surface area contributed by atoms with E-state index in [0.717, 1.165) is 11.0 Å². The third-order valence-electron chi connectivity index (χ3n) is 6.33. The van der Waals surface area contributed by atoms with Crippen molar-refractivity contribution in [2.45, 2.75) is 12.1 Å². The number of anilines is 1. The summed E-state index contributed by atoms with van der Waals surface area (Å²) < 4.78 is 24.4. The highest BCUT2D eigenvalue weighted by Gasteiger charge is 2.59. The van der Waals surface area contributed by atoms with Gasteiger partial charge in [-0.1, -0.05) is 6.07 Å². The van der Waals surface area contributed by atoms with Gasteiger partial charge in [-0.15, -0.1) is 0 Å². The minimum atomic E-state index is -1.33. The van der Waals surface area contributed by atoms with Crippen molar-refractivity contribution in [3.63, 3.8) is 0 Å². The Hall–Kier alpha value is -4.80. The summed E-state index contributed by atoms with van der Waals surface area (Å²) in [4.78, 5) is 53.1. The van der Waals surface area contributed by atoms with E-state index >= 15 is 0 Å². The van der Waals surface area contributed by atoms with E-state index in [4.69, 9.17) is 9.47 Å². The molecule has 0 unspecified atom stereocenters. The van der Waals surface area contributed by atoms with E-state index < -0.39 is 46.2 Å². The van der Waals surface area contributed by atoms with Crippen LogP contribution in [0.2, 0.25) is 0 Å². The Morgan fingerprint density at radius 3 is 2.25 bits per heavy atom. The van der Waals surface area contributed by atoms with E-state index in [0.29, 0.717) is 22.7 Å². The largest absolute Gasteiger partial charge is 0.497 e. The van der Waals surface area contributed by atoms with Crippen molar-refractivity contribution in [3.05, 3.63) is 93.3 Å². The average Bonchev–Trinajstić information content (AvgIpc) is 3.13. The molecular formula is C25H18FN3O7. The molecule has 1 saturated heterocycles. The molecule has 0 radical (unpaired) electrons. The van der Waals surface area contributed by atoms with Gasteiger partial charge < -0.3 is 14.4 Å². The Morgan fingerprint density at radius 2 is 1.61 bits per heavy atom. The highest BCUT2D eigenvalue weighted by molar-refractivity contribution is 6.26. The van der Waals surface area contributed by atoms with Gasteiger partial charge in [0.05, 0.1) is 30.7 Å². The van der Waals surface area contributed by atoms with Gasteiger partial charge in [-0.2, -0.15) is 0 Å². The summed E-state index contributed by atoms with van der Waals surface area (Å²) in [5.74, 6) is -2.09. The van der Waals surface area contributed by atoms with Gasteiger partial charge in [0.2, 0.25) is 0 Å². The number of ether oxygens (including phenoxy) is 2. The van der Waals surface area contributed by atoms with Crippen LogP contribution in [0.4, 0.5) is 15.8 Å². The summed E-state index contributed by atoms with van der Waals surface area (Å²) >= 11 is 0. The molecule has 0 aromatic heterocycles. The van der Waals surface area contributed by atoms with Crippen molar-refractivity contribution in [1.29, 1.82) is 0 Å². The Bertz CT molecular complexity index is 1440. The Kier molecular flexibility index (Phi) is 5.39. The van der Waals surface area contributed by atoms with Crippen molar-refractivity contribution >= 4 is 29.1 Å². The van der Waals surface area contributed by atoms with Crippen molar-refractivity contribution in [3.8, 4) is 11.5 Å². The molecule has 10 nitrogen and oxygen atoms in total. The predicted molar refractivity (Wildman–Crippen MR) is 124 cm³/mol. The second-order valence-electron chi connectivity index (χ2n) is 8.12. The number of carbonyl (C=O) groups excluding carboxylic acids is 3. The minimum Gasteiger partial charge on any atom is -0.497 e. The van der Waals surface area contributed by atoms with Gasteiger partial charge in [-0.25, -0.2) is 4.39 Å². The lowest BCUT2D eigenvalue weighted by molar-refractivity contribution is -0.385. The van der Waals surface area contributed by atoms with Gasteiger partial charge in [-0.05, 0) is 48.5 Å². The van der Waals surface area contributed by atoms with Gasteiger partial charge >= 0.3 is 0 Å². The van der Waals surface area contributed by atoms with Crippen LogP contribution in [0.5, 0.6) is 11.5 Å². The SMILES string of the molecule is COc1ccc(OC)c([C@H]2[C@@H](N3C(=O)c4cccc([N+](=O)[O-])c4C3=O)C(=O)N2c2ccc(F)cc2)c1. The molecule has 3 aromatic rings. The number of nitro groups is 1. The summed E-state index contributed by atoms with van der Waals surface area (Å²) in [5.41, 5.74) is -0.284. The van der Waals surface area contributed by atoms with Crippen LogP contribution in [0, 0.1) is 15.9 Å². The quantitative estimate of drug-likeness (QED) is 0.224. The van der Waals surface area contributed by atoms with E-state index in [2.05, 4.69) is 0 Å². The Labute approximate surface area is 203 Å². The first-order valence-corrected chi connectivity index (χ1v) is 10.7. The van der Waals surface area contributed by atoms with Crippen LogP contribution < -0.4 is 14.4 Å². The number of amides is 3. The maximum Gasteiger partial charge on any atom is 0.282 e. The minimum absolute atomic E-state index is 0.154. The van der Waals surface area contributed by atoms with Crippen LogP contribution in [-0.2, 0) is 4.79 Å². The van der Waals surface area contributed by atoms with Crippen LogP contribution in [0.25, 0.3) is 0 Å². The van der Waals surface area contributed by atoms with Gasteiger partial charge in [-0.3, -0.25) is 29.4 Å². The van der Waals surface area contributed by atoms with Gasteiger partial charge in [0.15, 0.2) is 0 Å². The third kappa shape index (κ3) is 3.28. The zero-order chi connectivity index (χ0) is 25.7. The monoisotopic (exact) mass is 491 g/mol. The summed E-state index contributed by atoms with van der Waals surface area (Å²) in [7, 11) is 2.88. The topological polar surface area (TPSA) is 119 Å². The van der Waals surface area contributed by atoms with Crippen molar-refractivity contribution in [2.75, 3.05) is 19.1 Å². The molecule has 11 heteroatoms. The fourth-order valence-corrected chi connectivity index (χ4v) is 4.68. The number of fused-ring (bicyclic) bond motifs is 1. The van der Waals surface area contributed by atoms with Crippen molar-refractivity contribution < 1.29 is 33.2 Å². The second kappa shape index (κ2) is 8.45. The average molecular weight is 491 g/mol. The molecule has 36 heavy (non-hydrogen) atoms. The first-order chi connectivity index (χ1) is 17.3. The van der Waals surface area contributed by atoms with E-state index in [9.17, 15) is 28.9 Å². The second-order valence-corrected chi connectivity index (χ2v) is 8.12. The lowest BCUT2D eigenvalue weighted by Crippen LogP contribution is -2.67. The molecule has 0 bridgehead atoms. The number of nitro benzene ring substituents is 1. The van der Waals surface area contributed by atoms with Gasteiger partial charge in [0.25, 0.3) is 23.4 Å². The molecule has 5 rings (SSSR count). The number of methoxy groups -OCH3 is 2. The fourth-order valence-electron chi connectivity index (χ4n) is 4.68. The van der Waals surface area contributed by atoms with E-state index in [1.807, 2.05) is 0 Å². The van der Waals surface area contributed by atoms with E-state index in [-0.39, 0.29) is 11.1 Å². The maximum absolute atomic E-state index is 13.6. The van der Waals surface area contributed by atoms with Crippen LogP contribution in [0.1, 0.15) is 32.3 Å². The molecule has 2 aliphatic rings. The number of halogens is 1. The molecule has 0 aliphatic carbocycles. The molecule has 2 heterocycles. The van der Waals surface area contributed by atoms with Crippen LogP contribution >= 0.6 is 0 Å². The van der Waals surface area contributed by atoms with Gasteiger partial charge in [0.1, 0.15) is 28.9 Å². The smallest absolute Gasteiger partial charge is 0.282 e. The first kappa shape index (κ1) is 23.0. The van der Waals surface area contributed by atoms with E-state index in [1.165, 1.54) is 55.5 Å². The molecule has 3 amide bonds. The highest BCUT2D eigenvalue weighted by atomic mass is 19.1. The van der Waals surface area contributed by atoms with Gasteiger partial charge in [0, 0.05) is 17.3 Å². The third-order valence-corrected chi connectivity index (χ3v) is 6.33. The molecule has 2 aliphatic heterocycles. The number of carbonyl (C=O) groups is 3. The number of β-lactam (4-membered cyclic amide) rings is 1. The summed E-state index contributed by atoms with van der Waals surface area (Å²) in [6.45, 7) is 0. The van der Waals surface area contributed by atoms with Crippen molar-refractivity contribution in [1.82, 2.24) is 4.90 Å². The Balaban J connectivity index is 1.66. The lowest BCUT2D eigenvalue weighted by Gasteiger charge is -2.50. The number of rotatable bonds is 6. The molecule has 1 fully saturated rings. The molecule has 3 aromatic carbocycles. The fraction of sp³-hybridized carbons (Fsp3) is 0.160. The summed E-state index contributed by atoms with van der Waals surface area (Å²) in [5, 5.41) is 11.5. The van der Waals surface area contributed by atoms with Crippen LogP contribution in [0.3, 0.4) is 0 Å². The standard InChI is InChI=1S/C25H18FN3O7/c1-35-15-10-11-19(36-2)17(12-15)21-22(25(32)27(21)14-8-6-13(26)7-9-14)28-23(30)16-4-3-5-18(29(33)34)20(16)24(28)31/h3-12,21-22H,1-2H3/t21-,22+/m0/s1.